The van der Waals surface area contributed by atoms with Crippen LogP contribution in [0.4, 0.5) is 0 Å². The van der Waals surface area contributed by atoms with E-state index in [-0.39, 0.29) is 30.1 Å². The minimum atomic E-state index is -1.49. The number of nitrogens with zero attached hydrogens (tertiary/aromatic N) is 3. The van der Waals surface area contributed by atoms with Gasteiger partial charge in [0, 0.05) is 20.4 Å². The highest BCUT2D eigenvalue weighted by molar-refractivity contribution is 8.15. The third-order valence-electron chi connectivity index (χ3n) is 6.46. The Morgan fingerprint density at radius 1 is 1.25 bits per heavy atom. The monoisotopic (exact) mass is 475 g/mol. The lowest BCUT2D eigenvalue weighted by molar-refractivity contribution is -0.163. The fourth-order valence-corrected chi connectivity index (χ4v) is 7.38. The molecule has 10 heteroatoms. The molecule has 0 aromatic heterocycles. The Labute approximate surface area is 195 Å². The molecule has 0 N–H and O–H groups in total. The van der Waals surface area contributed by atoms with Gasteiger partial charge in [-0.1, -0.05) is 13.0 Å². The number of rotatable bonds is 4. The van der Waals surface area contributed by atoms with Crippen LogP contribution in [0.1, 0.15) is 45.7 Å². The number of likely N-dealkylation sites (N-methyl/N-ethyl adjacent to an activating group) is 1. The van der Waals surface area contributed by atoms with Gasteiger partial charge >= 0.3 is 0 Å². The molecule has 0 radical (unpaired) electrons. The number of carbonyl (C=O) groups is 3. The van der Waals surface area contributed by atoms with E-state index in [0.717, 1.165) is 11.8 Å². The van der Waals surface area contributed by atoms with E-state index in [1.165, 1.54) is 28.5 Å². The van der Waals surface area contributed by atoms with E-state index in [2.05, 4.69) is 6.07 Å². The van der Waals surface area contributed by atoms with Gasteiger partial charge in [-0.05, 0) is 49.1 Å². The van der Waals surface area contributed by atoms with Crippen LogP contribution < -0.4 is 9.47 Å². The number of carbonyl (C=O) groups excluding carboxylic acids is 3. The summed E-state index contributed by atoms with van der Waals surface area (Å²) in [7, 11) is 1.60. The highest BCUT2D eigenvalue weighted by Gasteiger charge is 2.71. The fourth-order valence-electron chi connectivity index (χ4n) is 4.96. The van der Waals surface area contributed by atoms with Crippen molar-refractivity contribution in [2.24, 2.45) is 5.41 Å². The van der Waals surface area contributed by atoms with Gasteiger partial charge in [0.15, 0.2) is 26.4 Å². The fraction of sp³-hybridized carbons (Fsp3) is 0.545. The summed E-state index contributed by atoms with van der Waals surface area (Å²) in [5, 5.41) is 9.96. The third kappa shape index (κ3) is 3.01. The van der Waals surface area contributed by atoms with Crippen molar-refractivity contribution >= 4 is 40.5 Å². The summed E-state index contributed by atoms with van der Waals surface area (Å²) < 4.78 is 10.9. The lowest BCUT2D eigenvalue weighted by Gasteiger charge is -2.53. The van der Waals surface area contributed by atoms with Crippen molar-refractivity contribution in [1.29, 1.82) is 5.26 Å². The number of benzene rings is 1. The predicted octanol–water partition coefficient (Wildman–Crippen LogP) is 3.14. The molecule has 3 heterocycles. The maximum atomic E-state index is 14.1. The molecule has 2 fully saturated rings. The van der Waals surface area contributed by atoms with Gasteiger partial charge in [-0.3, -0.25) is 14.4 Å². The van der Waals surface area contributed by atoms with Crippen molar-refractivity contribution in [1.82, 2.24) is 9.80 Å². The number of hydrogen-bond donors (Lipinski definition) is 0. The van der Waals surface area contributed by atoms with E-state index in [4.69, 9.17) is 9.47 Å². The number of amides is 2. The summed E-state index contributed by atoms with van der Waals surface area (Å²) in [6.45, 7) is 6.87. The summed E-state index contributed by atoms with van der Waals surface area (Å²) in [4.78, 5) is 40.6. The lowest BCUT2D eigenvalue weighted by atomic mass is 9.79. The molecule has 0 bridgehead atoms. The van der Waals surface area contributed by atoms with Gasteiger partial charge < -0.3 is 19.3 Å². The van der Waals surface area contributed by atoms with Crippen LogP contribution >= 0.6 is 23.5 Å². The minimum absolute atomic E-state index is 0.0433. The molecule has 3 aliphatic heterocycles. The van der Waals surface area contributed by atoms with Crippen LogP contribution in [0.2, 0.25) is 0 Å². The summed E-state index contributed by atoms with van der Waals surface area (Å²) >= 11 is 2.19. The largest absolute Gasteiger partial charge is 0.454 e. The average molecular weight is 476 g/mol. The highest BCUT2D eigenvalue weighted by atomic mass is 32.2. The molecule has 0 aliphatic carbocycles. The molecule has 0 spiro atoms. The van der Waals surface area contributed by atoms with E-state index >= 15 is 0 Å². The lowest BCUT2D eigenvalue weighted by Crippen LogP contribution is -2.71. The van der Waals surface area contributed by atoms with Crippen molar-refractivity contribution in [2.45, 2.75) is 49.9 Å². The van der Waals surface area contributed by atoms with Gasteiger partial charge in [-0.15, -0.1) is 11.8 Å². The Balaban J connectivity index is 1.95. The number of thioether (sulfide) groups is 2. The molecule has 4 rings (SSSR count). The summed E-state index contributed by atoms with van der Waals surface area (Å²) in [6.07, 6.45) is 0.0433. The predicted molar refractivity (Wildman–Crippen MR) is 121 cm³/mol. The van der Waals surface area contributed by atoms with Crippen molar-refractivity contribution in [3.8, 4) is 17.6 Å². The first-order valence-electron chi connectivity index (χ1n) is 10.3. The first-order valence-corrected chi connectivity index (χ1v) is 12.1. The number of piperazine rings is 1. The maximum absolute atomic E-state index is 14.1. The minimum Gasteiger partial charge on any atom is -0.454 e. The van der Waals surface area contributed by atoms with Crippen molar-refractivity contribution < 1.29 is 23.9 Å². The SMILES string of the molecule is CCS[C@@]1(C)C(=O)N2C(c3ccc4c(c3)OCO4)[C@@](C)(C#N)CC2(SC(C)=O)C(=O)N1C. The van der Waals surface area contributed by atoms with Gasteiger partial charge in [-0.2, -0.15) is 5.26 Å². The van der Waals surface area contributed by atoms with Crippen LogP contribution in [0.15, 0.2) is 18.2 Å². The molecule has 3 aliphatic rings. The van der Waals surface area contributed by atoms with Gasteiger partial charge in [0.1, 0.15) is 0 Å². The van der Waals surface area contributed by atoms with Crippen LogP contribution in [0.3, 0.4) is 0 Å². The van der Waals surface area contributed by atoms with Crippen molar-refractivity contribution in [3.05, 3.63) is 23.8 Å². The smallest absolute Gasteiger partial charge is 0.260 e. The van der Waals surface area contributed by atoms with E-state index in [0.29, 0.717) is 22.8 Å². The molecule has 1 aromatic rings. The standard InChI is InChI=1S/C22H25N3O5S2/c1-6-31-21(4)18(27)25-17(14-7-8-15-16(9-14)30-12-29-15)20(3,11-23)10-22(25,32-13(2)26)19(28)24(21)5/h7-9,17H,6,10,12H2,1-5H3/t17?,20-,21+,22?/m1/s1. The molecular weight excluding hydrogens is 450 g/mol. The van der Waals surface area contributed by atoms with Crippen molar-refractivity contribution in [2.75, 3.05) is 19.6 Å². The number of hydrogen-bond acceptors (Lipinski definition) is 8. The number of fused-ring (bicyclic) bond motifs is 2. The highest BCUT2D eigenvalue weighted by Crippen LogP contribution is 2.62. The van der Waals surface area contributed by atoms with E-state index in [9.17, 15) is 19.6 Å². The van der Waals surface area contributed by atoms with Gasteiger partial charge in [0.05, 0.1) is 17.5 Å². The molecule has 170 valence electrons. The van der Waals surface area contributed by atoms with Gasteiger partial charge in [0.25, 0.3) is 11.8 Å². The molecule has 2 amide bonds. The quantitative estimate of drug-likeness (QED) is 0.655. The van der Waals surface area contributed by atoms with Crippen LogP contribution in [0, 0.1) is 16.7 Å². The van der Waals surface area contributed by atoms with E-state index < -0.39 is 21.2 Å². The summed E-state index contributed by atoms with van der Waals surface area (Å²) in [6, 6.07) is 6.92. The topological polar surface area (TPSA) is 99.9 Å². The van der Waals surface area contributed by atoms with Crippen LogP contribution in [0.25, 0.3) is 0 Å². The zero-order valence-corrected chi connectivity index (χ0v) is 20.3. The zero-order valence-electron chi connectivity index (χ0n) is 18.6. The maximum Gasteiger partial charge on any atom is 0.260 e. The molecule has 8 nitrogen and oxygen atoms in total. The molecular formula is C22H25N3O5S2. The molecule has 0 saturated carbocycles. The second kappa shape index (κ2) is 7.59. The first-order chi connectivity index (χ1) is 15.0. The van der Waals surface area contributed by atoms with Gasteiger partial charge in [0.2, 0.25) is 6.79 Å². The number of ether oxygens (including phenoxy) is 2. The molecule has 2 unspecified atom stereocenters. The van der Waals surface area contributed by atoms with E-state index in [1.807, 2.05) is 6.92 Å². The van der Waals surface area contributed by atoms with Crippen molar-refractivity contribution in [3.63, 3.8) is 0 Å². The average Bonchev–Trinajstić information content (AvgIpc) is 3.31. The molecule has 1 aromatic carbocycles. The normalized spacial score (nSPS) is 33.3. The molecule has 4 atom stereocenters. The van der Waals surface area contributed by atoms with E-state index in [1.54, 1.807) is 39.1 Å². The Morgan fingerprint density at radius 2 is 1.94 bits per heavy atom. The second-order valence-corrected chi connectivity index (χ2v) is 11.7. The molecule has 32 heavy (non-hydrogen) atoms. The first kappa shape index (κ1) is 22.8. The van der Waals surface area contributed by atoms with Crippen LogP contribution in [0.5, 0.6) is 11.5 Å². The molecule has 2 saturated heterocycles. The zero-order chi connectivity index (χ0) is 23.5. The number of nitriles is 1. The Morgan fingerprint density at radius 3 is 2.56 bits per heavy atom. The van der Waals surface area contributed by atoms with Gasteiger partial charge in [-0.25, -0.2) is 0 Å². The van der Waals surface area contributed by atoms with Crippen LogP contribution in [-0.2, 0) is 14.4 Å². The van der Waals surface area contributed by atoms with Crippen LogP contribution in [-0.4, -0.2) is 56.1 Å². The summed E-state index contributed by atoms with van der Waals surface area (Å²) in [5.41, 5.74) is -0.441. The second-order valence-electron chi connectivity index (χ2n) is 8.55. The summed E-state index contributed by atoms with van der Waals surface area (Å²) in [5.74, 6) is 1.09. The third-order valence-corrected chi connectivity index (χ3v) is 8.90. The Kier molecular flexibility index (Phi) is 5.41. The Hall–Kier alpha value is -2.38. The Bertz CT molecular complexity index is 1060.